The van der Waals surface area contributed by atoms with Gasteiger partial charge in [0.25, 0.3) is 0 Å². The van der Waals surface area contributed by atoms with E-state index in [9.17, 15) is 0 Å². The van der Waals surface area contributed by atoms with Crippen LogP contribution >= 0.6 is 0 Å². The molecule has 8 bridgehead atoms. The van der Waals surface area contributed by atoms with Crippen LogP contribution in [0.4, 0.5) is 0 Å². The zero-order valence-electron chi connectivity index (χ0n) is 13.0. The summed E-state index contributed by atoms with van der Waals surface area (Å²) in [4.78, 5) is 12.7. The highest BCUT2D eigenvalue weighted by molar-refractivity contribution is 6.19. The third-order valence-corrected chi connectivity index (χ3v) is 4.32. The van der Waals surface area contributed by atoms with Gasteiger partial charge in [-0.15, -0.1) is 0 Å². The Morgan fingerprint density at radius 2 is 1.42 bits per heavy atom. The summed E-state index contributed by atoms with van der Waals surface area (Å²) in [5.41, 5.74) is 3.79. The molecule has 116 valence electrons. The van der Waals surface area contributed by atoms with Crippen molar-refractivity contribution < 1.29 is 0 Å². The highest BCUT2D eigenvalue weighted by Crippen LogP contribution is 2.16. The van der Waals surface area contributed by atoms with Gasteiger partial charge in [0.05, 0.1) is 22.8 Å². The van der Waals surface area contributed by atoms with E-state index in [1.807, 2.05) is 30.4 Å². The molecule has 2 atom stereocenters. The summed E-state index contributed by atoms with van der Waals surface area (Å²) in [5, 5.41) is 5.71. The molecule has 0 aromatic carbocycles. The summed E-state index contributed by atoms with van der Waals surface area (Å²) in [5.74, 6) is 0. The normalized spacial score (nSPS) is 26.5. The second-order valence-electron chi connectivity index (χ2n) is 6.18. The summed E-state index contributed by atoms with van der Waals surface area (Å²) in [7, 11) is 0. The maximum Gasteiger partial charge on any atom is 0.0659 e. The Balaban J connectivity index is 1.64. The van der Waals surface area contributed by atoms with Gasteiger partial charge in [0.2, 0.25) is 0 Å². The lowest BCUT2D eigenvalue weighted by Gasteiger charge is -2.08. The standard InChI is InChI=1S/C20H16N4/c1-2-14-10-16-5-6-18(23-16)12-20-8-7-19(24-20)11-17-4-3-15(22-17)9-13(1)21-14/h1-14,21-22H. The van der Waals surface area contributed by atoms with Gasteiger partial charge >= 0.3 is 0 Å². The predicted molar refractivity (Wildman–Crippen MR) is 98.1 cm³/mol. The molecule has 2 N–H and O–H groups in total. The average molecular weight is 312 g/mol. The number of H-pyrrole nitrogens is 1. The number of aromatic nitrogens is 1. The molecule has 24 heavy (non-hydrogen) atoms. The molecule has 5 rings (SSSR count). The Labute approximate surface area is 139 Å². The first kappa shape index (κ1) is 13.5. The van der Waals surface area contributed by atoms with Gasteiger partial charge in [-0.25, -0.2) is 9.98 Å². The average Bonchev–Trinajstić information content (AvgIpc) is 3.32. The number of nitrogens with one attached hydrogen (secondary N) is 2. The van der Waals surface area contributed by atoms with Crippen molar-refractivity contribution in [1.29, 1.82) is 0 Å². The fourth-order valence-corrected chi connectivity index (χ4v) is 3.20. The number of rotatable bonds is 0. The molecule has 0 saturated heterocycles. The maximum atomic E-state index is 4.65. The number of hydrogen-bond donors (Lipinski definition) is 2. The summed E-state index contributed by atoms with van der Waals surface area (Å²) < 4.78 is 0. The van der Waals surface area contributed by atoms with E-state index in [0.29, 0.717) is 0 Å². The topological polar surface area (TPSA) is 52.5 Å². The Bertz CT molecular complexity index is 1040. The molecule has 4 aliphatic heterocycles. The van der Waals surface area contributed by atoms with Gasteiger partial charge in [0.15, 0.2) is 0 Å². The number of aliphatic imine (C=N–C) groups is 2. The van der Waals surface area contributed by atoms with Crippen LogP contribution in [0, 0.1) is 0 Å². The monoisotopic (exact) mass is 312 g/mol. The third kappa shape index (κ3) is 2.57. The van der Waals surface area contributed by atoms with E-state index in [0.717, 1.165) is 33.5 Å². The quantitative estimate of drug-likeness (QED) is 0.697. The molecular weight excluding hydrogens is 296 g/mol. The van der Waals surface area contributed by atoms with Crippen molar-refractivity contribution in [2.24, 2.45) is 9.98 Å². The molecule has 0 spiro atoms. The molecule has 0 saturated carbocycles. The van der Waals surface area contributed by atoms with Crippen LogP contribution in [0.1, 0.15) is 0 Å². The van der Waals surface area contributed by atoms with Gasteiger partial charge in [0, 0.05) is 22.8 Å². The molecule has 2 unspecified atom stereocenters. The van der Waals surface area contributed by atoms with Crippen molar-refractivity contribution in [1.82, 2.24) is 10.3 Å². The van der Waals surface area contributed by atoms with Gasteiger partial charge in [-0.1, -0.05) is 12.2 Å². The molecule has 4 aliphatic rings. The van der Waals surface area contributed by atoms with Gasteiger partial charge in [0.1, 0.15) is 0 Å². The molecule has 0 radical (unpaired) electrons. The van der Waals surface area contributed by atoms with E-state index in [-0.39, 0.29) is 12.1 Å². The van der Waals surface area contributed by atoms with Crippen LogP contribution < -0.4 is 16.0 Å². The number of allylic oxidation sites excluding steroid dienone is 5. The lowest BCUT2D eigenvalue weighted by molar-refractivity contribution is 0.719. The van der Waals surface area contributed by atoms with Crippen molar-refractivity contribution in [3.05, 3.63) is 82.8 Å². The molecule has 1 aromatic rings. The van der Waals surface area contributed by atoms with E-state index in [1.165, 1.54) is 0 Å². The van der Waals surface area contributed by atoms with Crippen LogP contribution in [0.25, 0.3) is 12.2 Å². The van der Waals surface area contributed by atoms with Crippen LogP contribution in [0.5, 0.6) is 0 Å². The molecule has 4 heteroatoms. The molecule has 0 aliphatic carbocycles. The lowest BCUT2D eigenvalue weighted by Crippen LogP contribution is -2.29. The number of hydrogen-bond acceptors (Lipinski definition) is 3. The van der Waals surface area contributed by atoms with Gasteiger partial charge in [-0.2, -0.15) is 0 Å². The predicted octanol–water partition coefficient (Wildman–Crippen LogP) is 1.28. The summed E-state index contributed by atoms with van der Waals surface area (Å²) >= 11 is 0. The van der Waals surface area contributed by atoms with Crippen LogP contribution in [0.3, 0.4) is 0 Å². The number of fused-ring (bicyclic) bond motifs is 6. The van der Waals surface area contributed by atoms with Crippen molar-refractivity contribution in [2.75, 3.05) is 0 Å². The first-order valence-corrected chi connectivity index (χ1v) is 8.10. The number of aromatic amines is 1. The second-order valence-corrected chi connectivity index (χ2v) is 6.18. The fourth-order valence-electron chi connectivity index (χ4n) is 3.20. The van der Waals surface area contributed by atoms with Crippen LogP contribution in [0.2, 0.25) is 0 Å². The summed E-state index contributed by atoms with van der Waals surface area (Å²) in [6.07, 6.45) is 20.9. The zero-order chi connectivity index (χ0) is 15.9. The minimum Gasteiger partial charge on any atom is -0.356 e. The van der Waals surface area contributed by atoms with Crippen molar-refractivity contribution in [3.8, 4) is 0 Å². The van der Waals surface area contributed by atoms with E-state index < -0.39 is 0 Å². The van der Waals surface area contributed by atoms with Crippen LogP contribution in [-0.4, -0.2) is 28.5 Å². The molecule has 0 amide bonds. The fraction of sp³-hybridized carbons (Fsp3) is 0.100. The van der Waals surface area contributed by atoms with Gasteiger partial charge in [-0.05, 0) is 60.7 Å². The van der Waals surface area contributed by atoms with E-state index >= 15 is 0 Å². The van der Waals surface area contributed by atoms with Crippen molar-refractivity contribution in [3.63, 3.8) is 0 Å². The van der Waals surface area contributed by atoms with E-state index in [2.05, 4.69) is 62.8 Å². The molecule has 0 fully saturated rings. The second kappa shape index (κ2) is 5.28. The van der Waals surface area contributed by atoms with E-state index in [4.69, 9.17) is 0 Å². The van der Waals surface area contributed by atoms with Crippen molar-refractivity contribution in [2.45, 2.75) is 12.1 Å². The largest absolute Gasteiger partial charge is 0.356 e. The Morgan fingerprint density at radius 3 is 2.33 bits per heavy atom. The summed E-state index contributed by atoms with van der Waals surface area (Å²) in [6.45, 7) is 0. The SMILES string of the molecule is C1=CC2=NC1=CC1C=CC(C=c3ccc([nH]3)=CC3=NC(=C2)C=C3)N1. The minimum absolute atomic E-state index is 0.201. The molecular formula is C20H16N4. The van der Waals surface area contributed by atoms with Gasteiger partial charge < -0.3 is 4.98 Å². The zero-order valence-corrected chi connectivity index (χ0v) is 13.0. The highest BCUT2D eigenvalue weighted by Gasteiger charge is 2.15. The lowest BCUT2D eigenvalue weighted by atomic mass is 10.2. The first-order valence-electron chi connectivity index (χ1n) is 8.10. The highest BCUT2D eigenvalue weighted by atomic mass is 15.0. The molecule has 5 heterocycles. The van der Waals surface area contributed by atoms with Gasteiger partial charge in [-0.3, -0.25) is 5.32 Å². The van der Waals surface area contributed by atoms with Crippen LogP contribution in [-0.2, 0) is 0 Å². The molecule has 4 nitrogen and oxygen atoms in total. The third-order valence-electron chi connectivity index (χ3n) is 4.32. The van der Waals surface area contributed by atoms with Crippen molar-refractivity contribution >= 4 is 23.6 Å². The van der Waals surface area contributed by atoms with Crippen LogP contribution in [0.15, 0.2) is 82.1 Å². The number of nitrogens with zero attached hydrogens (tertiary/aromatic N) is 2. The molecule has 1 aromatic heterocycles. The maximum absolute atomic E-state index is 4.65. The smallest absolute Gasteiger partial charge is 0.0659 e. The Morgan fingerprint density at radius 1 is 0.708 bits per heavy atom. The summed E-state index contributed by atoms with van der Waals surface area (Å²) in [6, 6.07) is 4.59. The Kier molecular flexibility index (Phi) is 2.96. The first-order chi connectivity index (χ1) is 11.8. The minimum atomic E-state index is 0.201. The Hall–Kier alpha value is -2.98. The van der Waals surface area contributed by atoms with E-state index in [1.54, 1.807) is 0 Å².